The van der Waals surface area contributed by atoms with E-state index < -0.39 is 19.9 Å². The maximum atomic E-state index is 12.8. The summed E-state index contributed by atoms with van der Waals surface area (Å²) in [6, 6.07) is 11.5. The van der Waals surface area contributed by atoms with Crippen molar-refractivity contribution in [3.8, 4) is 0 Å². The van der Waals surface area contributed by atoms with Crippen LogP contribution in [-0.4, -0.2) is 61.1 Å². The van der Waals surface area contributed by atoms with Crippen LogP contribution in [0, 0.1) is 0 Å². The van der Waals surface area contributed by atoms with Crippen LogP contribution >= 0.6 is 11.6 Å². The third kappa shape index (κ3) is 4.91. The van der Waals surface area contributed by atoms with E-state index in [9.17, 15) is 16.8 Å². The molecule has 1 fully saturated rings. The third-order valence-corrected chi connectivity index (χ3v) is 8.09. The molecule has 0 saturated carbocycles. The maximum Gasteiger partial charge on any atom is 0.242 e. The molecule has 0 unspecified atom stereocenters. The number of sulfonamides is 1. The zero-order valence-corrected chi connectivity index (χ0v) is 17.4. The highest BCUT2D eigenvalue weighted by Gasteiger charge is 2.24. The van der Waals surface area contributed by atoms with Gasteiger partial charge < -0.3 is 4.74 Å². The first-order valence-electron chi connectivity index (χ1n) is 8.70. The summed E-state index contributed by atoms with van der Waals surface area (Å²) >= 11 is 6.06. The first-order valence-corrected chi connectivity index (χ1v) is 12.0. The zero-order chi connectivity index (χ0) is 20.2. The SMILES string of the molecule is O=S(=O)(NCCN1CCOCC1)c1cc(S(=O)(=O)c2ccccc2)ccc1Cl. The van der Waals surface area contributed by atoms with Gasteiger partial charge in [-0.25, -0.2) is 21.6 Å². The van der Waals surface area contributed by atoms with Crippen LogP contribution in [0.4, 0.5) is 0 Å². The summed E-state index contributed by atoms with van der Waals surface area (Å²) in [6.07, 6.45) is 0. The van der Waals surface area contributed by atoms with Gasteiger partial charge in [-0.15, -0.1) is 0 Å². The molecule has 0 atom stereocenters. The number of nitrogens with zero attached hydrogens (tertiary/aromatic N) is 1. The van der Waals surface area contributed by atoms with Crippen LogP contribution in [0.15, 0.2) is 63.2 Å². The Hall–Kier alpha value is -1.49. The van der Waals surface area contributed by atoms with Gasteiger partial charge >= 0.3 is 0 Å². The van der Waals surface area contributed by atoms with Crippen molar-refractivity contribution in [2.45, 2.75) is 14.7 Å². The van der Waals surface area contributed by atoms with Gasteiger partial charge in [0.2, 0.25) is 19.9 Å². The van der Waals surface area contributed by atoms with Crippen LogP contribution in [-0.2, 0) is 24.6 Å². The molecular formula is C18H21ClN2O5S2. The molecule has 10 heteroatoms. The van der Waals surface area contributed by atoms with E-state index in [1.54, 1.807) is 18.2 Å². The monoisotopic (exact) mass is 444 g/mol. The van der Waals surface area contributed by atoms with Crippen molar-refractivity contribution < 1.29 is 21.6 Å². The fourth-order valence-corrected chi connectivity index (χ4v) is 5.76. The number of benzene rings is 2. The van der Waals surface area contributed by atoms with Gasteiger partial charge in [-0.3, -0.25) is 4.90 Å². The van der Waals surface area contributed by atoms with E-state index in [1.807, 2.05) is 0 Å². The van der Waals surface area contributed by atoms with E-state index in [0.29, 0.717) is 19.8 Å². The van der Waals surface area contributed by atoms with Gasteiger partial charge in [-0.1, -0.05) is 29.8 Å². The summed E-state index contributed by atoms with van der Waals surface area (Å²) in [4.78, 5) is 1.79. The topological polar surface area (TPSA) is 92.8 Å². The van der Waals surface area contributed by atoms with E-state index in [2.05, 4.69) is 9.62 Å². The van der Waals surface area contributed by atoms with Gasteiger partial charge in [0, 0.05) is 26.2 Å². The second kappa shape index (κ2) is 8.89. The third-order valence-electron chi connectivity index (χ3n) is 4.38. The van der Waals surface area contributed by atoms with Gasteiger partial charge in [-0.05, 0) is 30.3 Å². The molecule has 152 valence electrons. The molecule has 0 aromatic heterocycles. The molecule has 1 aliphatic rings. The molecule has 0 bridgehead atoms. The number of hydrogen-bond donors (Lipinski definition) is 1. The minimum Gasteiger partial charge on any atom is -0.379 e. The summed E-state index contributed by atoms with van der Waals surface area (Å²) in [5.41, 5.74) is 0. The lowest BCUT2D eigenvalue weighted by Gasteiger charge is -2.26. The predicted molar refractivity (Wildman–Crippen MR) is 106 cm³/mol. The predicted octanol–water partition coefficient (Wildman–Crippen LogP) is 1.78. The van der Waals surface area contributed by atoms with Gasteiger partial charge in [0.05, 0.1) is 28.0 Å². The fraction of sp³-hybridized carbons (Fsp3) is 0.333. The molecule has 3 rings (SSSR count). The van der Waals surface area contributed by atoms with Crippen molar-refractivity contribution >= 4 is 31.5 Å². The van der Waals surface area contributed by atoms with Crippen molar-refractivity contribution in [1.29, 1.82) is 0 Å². The van der Waals surface area contributed by atoms with E-state index in [-0.39, 0.29) is 26.3 Å². The standard InChI is InChI=1S/C18H21ClN2O5S2/c19-17-7-6-16(27(22,23)15-4-2-1-3-5-15)14-18(17)28(24,25)20-8-9-21-10-12-26-13-11-21/h1-7,14,20H,8-13H2. The van der Waals surface area contributed by atoms with Crippen molar-refractivity contribution in [3.05, 3.63) is 53.6 Å². The van der Waals surface area contributed by atoms with Crippen LogP contribution in [0.3, 0.4) is 0 Å². The minimum absolute atomic E-state index is 0.0362. The molecule has 0 amide bonds. The zero-order valence-electron chi connectivity index (χ0n) is 15.0. The first-order chi connectivity index (χ1) is 13.3. The van der Waals surface area contributed by atoms with Crippen molar-refractivity contribution in [1.82, 2.24) is 9.62 Å². The normalized spacial score (nSPS) is 16.2. The molecule has 1 saturated heterocycles. The highest BCUT2D eigenvalue weighted by Crippen LogP contribution is 2.28. The summed E-state index contributed by atoms with van der Waals surface area (Å²) in [7, 11) is -7.81. The Morgan fingerprint density at radius 3 is 2.32 bits per heavy atom. The maximum absolute atomic E-state index is 12.8. The number of morpholine rings is 1. The molecule has 1 N–H and O–H groups in total. The molecular weight excluding hydrogens is 424 g/mol. The van der Waals surface area contributed by atoms with Gasteiger partial charge in [0.1, 0.15) is 4.90 Å². The molecule has 0 radical (unpaired) electrons. The number of nitrogens with one attached hydrogen (secondary N) is 1. The highest BCUT2D eigenvalue weighted by atomic mass is 35.5. The fourth-order valence-electron chi connectivity index (χ4n) is 2.83. The molecule has 2 aromatic rings. The Bertz CT molecular complexity index is 1020. The Labute approximate surface area is 170 Å². The van der Waals surface area contributed by atoms with Crippen LogP contribution in [0.5, 0.6) is 0 Å². The smallest absolute Gasteiger partial charge is 0.242 e. The second-order valence-electron chi connectivity index (χ2n) is 6.26. The van der Waals surface area contributed by atoms with Gasteiger partial charge in [-0.2, -0.15) is 0 Å². The number of ether oxygens (including phenoxy) is 1. The summed E-state index contributed by atoms with van der Waals surface area (Å²) in [6.45, 7) is 3.45. The second-order valence-corrected chi connectivity index (χ2v) is 10.4. The Morgan fingerprint density at radius 2 is 1.64 bits per heavy atom. The van der Waals surface area contributed by atoms with Crippen LogP contribution in [0.25, 0.3) is 0 Å². The Morgan fingerprint density at radius 1 is 0.964 bits per heavy atom. The molecule has 0 spiro atoms. The van der Waals surface area contributed by atoms with Crippen molar-refractivity contribution in [3.63, 3.8) is 0 Å². The molecule has 1 heterocycles. The summed E-state index contributed by atoms with van der Waals surface area (Å²) in [5.74, 6) is 0. The van der Waals surface area contributed by atoms with Gasteiger partial charge in [0.15, 0.2) is 0 Å². The first kappa shape index (κ1) is 21.2. The highest BCUT2D eigenvalue weighted by molar-refractivity contribution is 7.91. The molecule has 0 aliphatic carbocycles. The number of sulfone groups is 1. The molecule has 7 nitrogen and oxygen atoms in total. The van der Waals surface area contributed by atoms with Crippen molar-refractivity contribution in [2.75, 3.05) is 39.4 Å². The van der Waals surface area contributed by atoms with E-state index in [0.717, 1.165) is 19.2 Å². The largest absolute Gasteiger partial charge is 0.379 e. The van der Waals surface area contributed by atoms with Crippen molar-refractivity contribution in [2.24, 2.45) is 0 Å². The Kier molecular flexibility index (Phi) is 6.74. The van der Waals surface area contributed by atoms with Crippen LogP contribution in [0.1, 0.15) is 0 Å². The summed E-state index contributed by atoms with van der Waals surface area (Å²) in [5, 5.41) is -0.0362. The number of rotatable bonds is 7. The van der Waals surface area contributed by atoms with Crippen LogP contribution in [0.2, 0.25) is 5.02 Å². The van der Waals surface area contributed by atoms with E-state index in [4.69, 9.17) is 16.3 Å². The lowest BCUT2D eigenvalue weighted by atomic mass is 10.4. The van der Waals surface area contributed by atoms with Crippen LogP contribution < -0.4 is 4.72 Å². The van der Waals surface area contributed by atoms with E-state index in [1.165, 1.54) is 24.3 Å². The summed E-state index contributed by atoms with van der Waals surface area (Å²) < 4.78 is 58.6. The Balaban J connectivity index is 1.80. The molecule has 1 aliphatic heterocycles. The number of halogens is 1. The number of hydrogen-bond acceptors (Lipinski definition) is 6. The molecule has 2 aromatic carbocycles. The average Bonchev–Trinajstić information content (AvgIpc) is 2.69. The lowest BCUT2D eigenvalue weighted by Crippen LogP contribution is -2.41. The average molecular weight is 445 g/mol. The quantitative estimate of drug-likeness (QED) is 0.699. The molecule has 28 heavy (non-hydrogen) atoms. The van der Waals surface area contributed by atoms with Gasteiger partial charge in [0.25, 0.3) is 0 Å². The van der Waals surface area contributed by atoms with E-state index >= 15 is 0 Å². The minimum atomic E-state index is -3.96. The lowest BCUT2D eigenvalue weighted by molar-refractivity contribution is 0.0390.